The predicted molar refractivity (Wildman–Crippen MR) is 138 cm³/mol. The third-order valence-corrected chi connectivity index (χ3v) is 9.14. The van der Waals surface area contributed by atoms with Gasteiger partial charge in [-0.1, -0.05) is 67.7 Å². The average Bonchev–Trinajstić information content (AvgIpc) is 3.06. The van der Waals surface area contributed by atoms with Crippen LogP contribution in [0.1, 0.15) is 93.4 Å². The Morgan fingerprint density at radius 2 is 1.61 bits per heavy atom. The van der Waals surface area contributed by atoms with Gasteiger partial charge in [-0.2, -0.15) is 0 Å². The van der Waals surface area contributed by atoms with Crippen LogP contribution >= 0.6 is 0 Å². The van der Waals surface area contributed by atoms with Crippen LogP contribution in [-0.4, -0.2) is 46.7 Å². The highest BCUT2D eigenvalue weighted by Crippen LogP contribution is 2.65. The van der Waals surface area contributed by atoms with Crippen LogP contribution in [0.5, 0.6) is 0 Å². The number of Topliss-reactive ketones (excluding diaryl/α,β-unsaturated/α-hetero) is 3. The standard InChI is InChI=1S/C29H46N2O5/c1-16(2)11-19(32)14-20(28(3,4)5)27(36)31-15-21-23(29(21,6)7)24(31)22(33)13-18(25(34)26(30)35)12-17-9-8-10-17/h16-18,20-21,23-24H,8-15H2,1-7H3,(H2,30,35)/t18-,20-,21+,23+,24-/m1/s1. The highest BCUT2D eigenvalue weighted by molar-refractivity contribution is 6.36. The molecule has 7 nitrogen and oxygen atoms in total. The van der Waals surface area contributed by atoms with Crippen LogP contribution in [0.3, 0.4) is 0 Å². The molecule has 3 fully saturated rings. The van der Waals surface area contributed by atoms with Crippen molar-refractivity contribution in [1.29, 1.82) is 0 Å². The Kier molecular flexibility index (Phi) is 8.22. The van der Waals surface area contributed by atoms with E-state index in [-0.39, 0.29) is 53.5 Å². The minimum Gasteiger partial charge on any atom is -0.363 e. The van der Waals surface area contributed by atoms with Crippen LogP contribution in [0.2, 0.25) is 0 Å². The zero-order valence-corrected chi connectivity index (χ0v) is 23.3. The van der Waals surface area contributed by atoms with Crippen molar-refractivity contribution in [3.63, 3.8) is 0 Å². The van der Waals surface area contributed by atoms with Crippen molar-refractivity contribution >= 4 is 29.2 Å². The van der Waals surface area contributed by atoms with E-state index in [0.717, 1.165) is 19.3 Å². The monoisotopic (exact) mass is 502 g/mol. The topological polar surface area (TPSA) is 115 Å². The van der Waals surface area contributed by atoms with E-state index in [1.54, 1.807) is 4.90 Å². The Morgan fingerprint density at radius 1 is 1.00 bits per heavy atom. The molecule has 3 rings (SSSR count). The van der Waals surface area contributed by atoms with E-state index in [1.807, 2.05) is 34.6 Å². The average molecular weight is 503 g/mol. The summed E-state index contributed by atoms with van der Waals surface area (Å²) in [6.45, 7) is 14.6. The Labute approximate surface area is 216 Å². The molecule has 2 aliphatic carbocycles. The van der Waals surface area contributed by atoms with Gasteiger partial charge in [-0.05, 0) is 40.9 Å². The summed E-state index contributed by atoms with van der Waals surface area (Å²) < 4.78 is 0. The van der Waals surface area contributed by atoms with Crippen LogP contribution in [0.4, 0.5) is 0 Å². The van der Waals surface area contributed by atoms with Crippen molar-refractivity contribution in [2.75, 3.05) is 6.54 Å². The van der Waals surface area contributed by atoms with E-state index in [9.17, 15) is 24.0 Å². The molecule has 3 aliphatic rings. The van der Waals surface area contributed by atoms with Gasteiger partial charge >= 0.3 is 0 Å². The zero-order chi connectivity index (χ0) is 27.2. The van der Waals surface area contributed by atoms with Crippen molar-refractivity contribution in [1.82, 2.24) is 4.90 Å². The highest BCUT2D eigenvalue weighted by atomic mass is 16.2. The minimum absolute atomic E-state index is 0.0361. The normalized spacial score (nSPS) is 26.7. The summed E-state index contributed by atoms with van der Waals surface area (Å²) in [6, 6.07) is -0.618. The molecule has 7 heteroatoms. The summed E-state index contributed by atoms with van der Waals surface area (Å²) in [5.41, 5.74) is 4.83. The Hall–Kier alpha value is -2.05. The molecule has 0 aromatic heterocycles. The quantitative estimate of drug-likeness (QED) is 0.406. The number of carbonyl (C=O) groups excluding carboxylic acids is 5. The number of carbonyl (C=O) groups is 5. The lowest BCUT2D eigenvalue weighted by molar-refractivity contribution is -0.148. The van der Waals surface area contributed by atoms with Crippen molar-refractivity contribution in [2.45, 2.75) is 99.5 Å². The van der Waals surface area contributed by atoms with Gasteiger partial charge in [0, 0.05) is 37.6 Å². The molecule has 0 bridgehead atoms. The van der Waals surface area contributed by atoms with Crippen molar-refractivity contribution in [2.24, 2.45) is 52.1 Å². The van der Waals surface area contributed by atoms with Crippen LogP contribution < -0.4 is 5.73 Å². The molecule has 2 N–H and O–H groups in total. The second-order valence-electron chi connectivity index (χ2n) is 13.8. The third-order valence-electron chi connectivity index (χ3n) is 9.14. The number of piperidine rings is 1. The summed E-state index contributed by atoms with van der Waals surface area (Å²) in [7, 11) is 0. The van der Waals surface area contributed by atoms with Crippen LogP contribution in [0.25, 0.3) is 0 Å². The van der Waals surface area contributed by atoms with E-state index < -0.39 is 35.0 Å². The SMILES string of the molecule is CC(C)CC(=O)C[C@H](C(=O)N1C[C@H]2[C@@H]([C@H]1C(=O)C[C@@H](CC1CCC1)C(=O)C(N)=O)C2(C)C)C(C)(C)C. The molecule has 2 amide bonds. The number of fused-ring (bicyclic) bond motifs is 1. The lowest BCUT2D eigenvalue weighted by Crippen LogP contribution is -2.51. The molecular weight excluding hydrogens is 456 g/mol. The molecule has 0 spiro atoms. The predicted octanol–water partition coefficient (Wildman–Crippen LogP) is 3.96. The Morgan fingerprint density at radius 3 is 2.08 bits per heavy atom. The molecule has 0 radical (unpaired) electrons. The number of nitrogens with two attached hydrogens (primary N) is 1. The highest BCUT2D eigenvalue weighted by Gasteiger charge is 2.69. The number of hydrogen-bond donors (Lipinski definition) is 1. The van der Waals surface area contributed by atoms with Gasteiger partial charge in [-0.15, -0.1) is 0 Å². The largest absolute Gasteiger partial charge is 0.363 e. The second-order valence-corrected chi connectivity index (χ2v) is 13.8. The van der Waals surface area contributed by atoms with Gasteiger partial charge in [0.25, 0.3) is 5.91 Å². The minimum atomic E-state index is -0.993. The Balaban J connectivity index is 1.83. The summed E-state index contributed by atoms with van der Waals surface area (Å²) in [6.07, 6.45) is 4.14. The second kappa shape index (κ2) is 10.4. The van der Waals surface area contributed by atoms with Crippen LogP contribution in [0, 0.1) is 46.3 Å². The van der Waals surface area contributed by atoms with Gasteiger partial charge in [0.1, 0.15) is 5.78 Å². The van der Waals surface area contributed by atoms with E-state index in [1.165, 1.54) is 0 Å². The Bertz CT molecular complexity index is 911. The lowest BCUT2D eigenvalue weighted by Gasteiger charge is -2.38. The zero-order valence-electron chi connectivity index (χ0n) is 23.3. The molecule has 1 saturated heterocycles. The van der Waals surface area contributed by atoms with Crippen molar-refractivity contribution in [3.05, 3.63) is 0 Å². The first-order valence-electron chi connectivity index (χ1n) is 13.7. The maximum Gasteiger partial charge on any atom is 0.285 e. The lowest BCUT2D eigenvalue weighted by atomic mass is 9.75. The van der Waals surface area contributed by atoms with Crippen molar-refractivity contribution in [3.8, 4) is 0 Å². The molecule has 0 aromatic carbocycles. The van der Waals surface area contributed by atoms with Gasteiger partial charge in [-0.3, -0.25) is 24.0 Å². The number of ketones is 3. The summed E-state index contributed by atoms with van der Waals surface area (Å²) >= 11 is 0. The van der Waals surface area contributed by atoms with E-state index in [2.05, 4.69) is 13.8 Å². The first-order valence-corrected chi connectivity index (χ1v) is 13.7. The number of nitrogens with zero attached hydrogens (tertiary/aromatic N) is 1. The van der Waals surface area contributed by atoms with Gasteiger partial charge < -0.3 is 10.6 Å². The molecule has 36 heavy (non-hydrogen) atoms. The molecule has 202 valence electrons. The molecule has 0 unspecified atom stereocenters. The molecule has 1 aliphatic heterocycles. The fraction of sp³-hybridized carbons (Fsp3) is 0.828. The number of hydrogen-bond acceptors (Lipinski definition) is 5. The fourth-order valence-electron chi connectivity index (χ4n) is 6.59. The number of rotatable bonds is 12. The van der Waals surface area contributed by atoms with E-state index >= 15 is 0 Å². The first-order chi connectivity index (χ1) is 16.6. The van der Waals surface area contributed by atoms with Gasteiger partial charge in [-0.25, -0.2) is 0 Å². The maximum absolute atomic E-state index is 13.9. The number of amides is 2. The smallest absolute Gasteiger partial charge is 0.285 e. The number of primary amides is 1. The summed E-state index contributed by atoms with van der Waals surface area (Å²) in [5.74, 6) is -2.31. The van der Waals surface area contributed by atoms with Crippen LogP contribution in [-0.2, 0) is 24.0 Å². The molecule has 1 heterocycles. The summed E-state index contributed by atoms with van der Waals surface area (Å²) in [5, 5.41) is 0. The van der Waals surface area contributed by atoms with E-state index in [4.69, 9.17) is 5.73 Å². The molecule has 0 aromatic rings. The molecule has 2 saturated carbocycles. The maximum atomic E-state index is 13.9. The summed E-state index contributed by atoms with van der Waals surface area (Å²) in [4.78, 5) is 66.5. The van der Waals surface area contributed by atoms with Crippen molar-refractivity contribution < 1.29 is 24.0 Å². The number of likely N-dealkylation sites (tertiary alicyclic amines) is 1. The molecular formula is C29H46N2O5. The first kappa shape index (κ1) is 28.5. The van der Waals surface area contributed by atoms with Gasteiger partial charge in [0.2, 0.25) is 11.7 Å². The fourth-order valence-corrected chi connectivity index (χ4v) is 6.59. The van der Waals surface area contributed by atoms with Gasteiger partial charge in [0.15, 0.2) is 5.78 Å². The van der Waals surface area contributed by atoms with Crippen LogP contribution in [0.15, 0.2) is 0 Å². The molecule has 5 atom stereocenters. The third kappa shape index (κ3) is 5.91. The van der Waals surface area contributed by atoms with Gasteiger partial charge in [0.05, 0.1) is 6.04 Å². The van der Waals surface area contributed by atoms with E-state index in [0.29, 0.717) is 25.3 Å².